The minimum Gasteiger partial charge on any atom is -0.466 e. The van der Waals surface area contributed by atoms with Crippen molar-refractivity contribution in [3.05, 3.63) is 56.9 Å². The zero-order chi connectivity index (χ0) is 12.6. The van der Waals surface area contributed by atoms with Gasteiger partial charge in [-0.25, -0.2) is 0 Å². The Balaban J connectivity index is 2.47. The van der Waals surface area contributed by atoms with Crippen LogP contribution in [-0.2, 0) is 0 Å². The second-order valence-corrected chi connectivity index (χ2v) is 5.12. The van der Waals surface area contributed by atoms with Gasteiger partial charge in [-0.1, -0.05) is 34.1 Å². The maximum absolute atomic E-state index is 6.31. The first-order valence-corrected chi connectivity index (χ1v) is 6.37. The molecule has 2 aromatic rings. The third-order valence-corrected chi connectivity index (χ3v) is 4.05. The first-order valence-electron chi connectivity index (χ1n) is 5.58. The van der Waals surface area contributed by atoms with Gasteiger partial charge in [0.1, 0.15) is 11.5 Å². The highest BCUT2D eigenvalue weighted by atomic mass is 79.9. The summed E-state index contributed by atoms with van der Waals surface area (Å²) in [7, 11) is 0. The van der Waals surface area contributed by atoms with E-state index >= 15 is 0 Å². The van der Waals surface area contributed by atoms with Gasteiger partial charge in [0, 0.05) is 10.0 Å². The quantitative estimate of drug-likeness (QED) is 0.908. The third-order valence-electron chi connectivity index (χ3n) is 2.97. The van der Waals surface area contributed by atoms with E-state index in [1.54, 1.807) is 0 Å². The van der Waals surface area contributed by atoms with Gasteiger partial charge in [-0.05, 0) is 38.0 Å². The standard InChI is InChI=1S/C14H16BrNO/c1-8-5-4-6-11(13(8)15)14(16)12-7-9(2)17-10(12)3/h4-7,14H,16H2,1-3H3. The van der Waals surface area contributed by atoms with Gasteiger partial charge >= 0.3 is 0 Å². The highest BCUT2D eigenvalue weighted by Gasteiger charge is 2.17. The third kappa shape index (κ3) is 2.31. The number of benzene rings is 1. The first-order chi connectivity index (χ1) is 8.00. The van der Waals surface area contributed by atoms with Crippen molar-refractivity contribution in [2.45, 2.75) is 26.8 Å². The highest BCUT2D eigenvalue weighted by molar-refractivity contribution is 9.10. The van der Waals surface area contributed by atoms with Crippen LogP contribution in [0.3, 0.4) is 0 Å². The number of nitrogens with two attached hydrogens (primary N) is 1. The molecule has 1 unspecified atom stereocenters. The zero-order valence-corrected chi connectivity index (χ0v) is 11.8. The lowest BCUT2D eigenvalue weighted by molar-refractivity contribution is 0.499. The van der Waals surface area contributed by atoms with Crippen LogP contribution >= 0.6 is 15.9 Å². The molecule has 0 amide bonds. The molecule has 0 aliphatic rings. The molecule has 0 spiro atoms. The lowest BCUT2D eigenvalue weighted by Gasteiger charge is -2.14. The second-order valence-electron chi connectivity index (χ2n) is 4.32. The molecular weight excluding hydrogens is 278 g/mol. The summed E-state index contributed by atoms with van der Waals surface area (Å²) in [5.74, 6) is 1.79. The molecule has 2 rings (SSSR count). The minimum atomic E-state index is -0.151. The van der Waals surface area contributed by atoms with Crippen LogP contribution < -0.4 is 5.73 Å². The number of hydrogen-bond acceptors (Lipinski definition) is 2. The van der Waals surface area contributed by atoms with E-state index in [4.69, 9.17) is 10.2 Å². The van der Waals surface area contributed by atoms with Gasteiger partial charge in [-0.15, -0.1) is 0 Å². The summed E-state index contributed by atoms with van der Waals surface area (Å²) in [4.78, 5) is 0. The van der Waals surface area contributed by atoms with Gasteiger partial charge in [0.15, 0.2) is 0 Å². The normalized spacial score (nSPS) is 12.8. The maximum Gasteiger partial charge on any atom is 0.106 e. The monoisotopic (exact) mass is 293 g/mol. The molecule has 0 radical (unpaired) electrons. The van der Waals surface area contributed by atoms with Gasteiger partial charge in [0.05, 0.1) is 6.04 Å². The average molecular weight is 294 g/mol. The highest BCUT2D eigenvalue weighted by Crippen LogP contribution is 2.31. The van der Waals surface area contributed by atoms with E-state index in [-0.39, 0.29) is 6.04 Å². The topological polar surface area (TPSA) is 39.2 Å². The maximum atomic E-state index is 6.31. The Kier molecular flexibility index (Phi) is 3.40. The van der Waals surface area contributed by atoms with Crippen LogP contribution in [0.15, 0.2) is 33.2 Å². The SMILES string of the molecule is Cc1cc(C(N)c2cccc(C)c2Br)c(C)o1. The molecule has 0 aliphatic heterocycles. The summed E-state index contributed by atoms with van der Waals surface area (Å²) in [5, 5.41) is 0. The molecule has 0 bridgehead atoms. The molecule has 2 N–H and O–H groups in total. The molecule has 0 aliphatic carbocycles. The minimum absolute atomic E-state index is 0.151. The second kappa shape index (κ2) is 4.67. The smallest absolute Gasteiger partial charge is 0.106 e. The average Bonchev–Trinajstić information content (AvgIpc) is 2.61. The van der Waals surface area contributed by atoms with E-state index in [9.17, 15) is 0 Å². The van der Waals surface area contributed by atoms with Gasteiger partial charge < -0.3 is 10.2 Å². The fraction of sp³-hybridized carbons (Fsp3) is 0.286. The van der Waals surface area contributed by atoms with Crippen molar-refractivity contribution < 1.29 is 4.42 Å². The van der Waals surface area contributed by atoms with Crippen molar-refractivity contribution in [3.8, 4) is 0 Å². The van der Waals surface area contributed by atoms with E-state index in [1.165, 1.54) is 5.56 Å². The Morgan fingerprint density at radius 1 is 1.18 bits per heavy atom. The lowest BCUT2D eigenvalue weighted by Crippen LogP contribution is -2.13. The summed E-state index contributed by atoms with van der Waals surface area (Å²) in [6.07, 6.45) is 0. The van der Waals surface area contributed by atoms with E-state index in [2.05, 4.69) is 28.9 Å². The molecule has 1 aromatic carbocycles. The first kappa shape index (κ1) is 12.4. The predicted molar refractivity (Wildman–Crippen MR) is 73.1 cm³/mol. The summed E-state index contributed by atoms with van der Waals surface area (Å²) in [6.45, 7) is 5.95. The number of rotatable bonds is 2. The number of aryl methyl sites for hydroxylation is 3. The van der Waals surface area contributed by atoms with Crippen molar-refractivity contribution in [2.24, 2.45) is 5.73 Å². The molecule has 0 saturated heterocycles. The van der Waals surface area contributed by atoms with Crippen molar-refractivity contribution in [2.75, 3.05) is 0 Å². The van der Waals surface area contributed by atoms with Crippen molar-refractivity contribution in [1.82, 2.24) is 0 Å². The Morgan fingerprint density at radius 3 is 2.47 bits per heavy atom. The largest absolute Gasteiger partial charge is 0.466 e. The summed E-state index contributed by atoms with van der Waals surface area (Å²) in [5.41, 5.74) is 9.64. The Bertz CT molecular complexity index is 545. The van der Waals surface area contributed by atoms with Gasteiger partial charge in [0.2, 0.25) is 0 Å². The lowest BCUT2D eigenvalue weighted by atomic mass is 9.98. The van der Waals surface area contributed by atoms with Crippen molar-refractivity contribution >= 4 is 15.9 Å². The van der Waals surface area contributed by atoms with E-state index in [0.717, 1.165) is 27.1 Å². The molecule has 1 aromatic heterocycles. The molecule has 2 nitrogen and oxygen atoms in total. The molecular formula is C14H16BrNO. The van der Waals surface area contributed by atoms with E-state index < -0.39 is 0 Å². The van der Waals surface area contributed by atoms with E-state index in [1.807, 2.05) is 32.0 Å². The molecule has 90 valence electrons. The summed E-state index contributed by atoms with van der Waals surface area (Å²) >= 11 is 3.60. The number of furan rings is 1. The molecule has 1 atom stereocenters. The van der Waals surface area contributed by atoms with Crippen LogP contribution in [0.25, 0.3) is 0 Å². The van der Waals surface area contributed by atoms with Crippen LogP contribution in [0, 0.1) is 20.8 Å². The van der Waals surface area contributed by atoms with Crippen LogP contribution in [0.4, 0.5) is 0 Å². The Hall–Kier alpha value is -1.06. The molecule has 0 fully saturated rings. The summed E-state index contributed by atoms with van der Waals surface area (Å²) < 4.78 is 6.61. The number of hydrogen-bond donors (Lipinski definition) is 1. The molecule has 17 heavy (non-hydrogen) atoms. The zero-order valence-electron chi connectivity index (χ0n) is 10.3. The molecule has 1 heterocycles. The fourth-order valence-electron chi connectivity index (χ4n) is 2.04. The van der Waals surface area contributed by atoms with Crippen LogP contribution in [-0.4, -0.2) is 0 Å². The van der Waals surface area contributed by atoms with Gasteiger partial charge in [-0.2, -0.15) is 0 Å². The predicted octanol–water partition coefficient (Wildman–Crippen LogP) is 4.02. The fourth-order valence-corrected chi connectivity index (χ4v) is 2.55. The number of halogens is 1. The van der Waals surface area contributed by atoms with Crippen LogP contribution in [0.1, 0.15) is 34.3 Å². The van der Waals surface area contributed by atoms with Gasteiger partial charge in [0.25, 0.3) is 0 Å². The van der Waals surface area contributed by atoms with Crippen LogP contribution in [0.5, 0.6) is 0 Å². The Morgan fingerprint density at radius 2 is 1.88 bits per heavy atom. The summed E-state index contributed by atoms with van der Waals surface area (Å²) in [6, 6.07) is 7.99. The molecule has 0 saturated carbocycles. The van der Waals surface area contributed by atoms with Crippen LogP contribution in [0.2, 0.25) is 0 Å². The Labute approximate surface area is 110 Å². The van der Waals surface area contributed by atoms with Crippen molar-refractivity contribution in [1.29, 1.82) is 0 Å². The van der Waals surface area contributed by atoms with Crippen molar-refractivity contribution in [3.63, 3.8) is 0 Å². The van der Waals surface area contributed by atoms with Gasteiger partial charge in [-0.3, -0.25) is 0 Å². The molecule has 3 heteroatoms. The van der Waals surface area contributed by atoms with E-state index in [0.29, 0.717) is 0 Å².